The molecule has 0 radical (unpaired) electrons. The lowest BCUT2D eigenvalue weighted by Crippen LogP contribution is -2.22. The number of benzene rings is 2. The Balaban J connectivity index is 1.07. The number of rotatable bonds is 10. The number of hydrogen-bond acceptors (Lipinski definition) is 4. The molecule has 2 aliphatic carbocycles. The monoisotopic (exact) mass is 415 g/mol. The number of carbonyl (C=O) groups is 1. The maximum absolute atomic E-state index is 12.2. The highest BCUT2D eigenvalue weighted by Gasteiger charge is 2.40. The first-order valence-electron chi connectivity index (χ1n) is 11.3. The van der Waals surface area contributed by atoms with E-state index in [0.29, 0.717) is 30.6 Å². The fourth-order valence-electron chi connectivity index (χ4n) is 4.56. The van der Waals surface area contributed by atoms with E-state index in [0.717, 1.165) is 55.4 Å². The molecular weight excluding hydrogens is 386 g/mol. The van der Waals surface area contributed by atoms with Crippen molar-refractivity contribution in [2.45, 2.75) is 38.5 Å². The lowest BCUT2D eigenvalue weighted by molar-refractivity contribution is -0.149. The summed E-state index contributed by atoms with van der Waals surface area (Å²) < 4.78 is 11.3. The Morgan fingerprint density at radius 3 is 2.16 bits per heavy atom. The van der Waals surface area contributed by atoms with Gasteiger partial charge >= 0.3 is 5.97 Å². The summed E-state index contributed by atoms with van der Waals surface area (Å²) in [4.78, 5) is 12.2. The van der Waals surface area contributed by atoms with Crippen molar-refractivity contribution in [1.82, 2.24) is 0 Å². The van der Waals surface area contributed by atoms with E-state index in [2.05, 4.69) is 18.2 Å². The summed E-state index contributed by atoms with van der Waals surface area (Å²) in [6, 6.07) is 17.8. The highest BCUT2D eigenvalue weighted by atomic mass is 16.5. The van der Waals surface area contributed by atoms with Gasteiger partial charge in [-0.1, -0.05) is 36.4 Å². The van der Waals surface area contributed by atoms with Gasteiger partial charge in [0.05, 0.1) is 30.8 Å². The zero-order valence-corrected chi connectivity index (χ0v) is 17.8. The molecule has 4 heteroatoms. The van der Waals surface area contributed by atoms with E-state index in [1.54, 1.807) is 0 Å². The molecule has 2 aromatic carbocycles. The highest BCUT2D eigenvalue weighted by molar-refractivity contribution is 5.74. The summed E-state index contributed by atoms with van der Waals surface area (Å²) in [6.07, 6.45) is 10.6. The van der Waals surface area contributed by atoms with Crippen molar-refractivity contribution in [3.05, 3.63) is 66.2 Å². The van der Waals surface area contributed by atoms with Crippen LogP contribution in [0.3, 0.4) is 0 Å². The third-order valence-electron chi connectivity index (χ3n) is 6.34. The molecule has 3 atom stereocenters. The minimum Gasteiger partial charge on any atom is -0.494 e. The minimum atomic E-state index is 0.00429. The number of ether oxygens (including phenoxy) is 2. The first-order chi connectivity index (χ1) is 15.2. The fraction of sp³-hybridized carbons (Fsp3) is 0.407. The summed E-state index contributed by atoms with van der Waals surface area (Å²) >= 11 is 0. The van der Waals surface area contributed by atoms with Crippen molar-refractivity contribution in [2.24, 2.45) is 17.8 Å². The van der Waals surface area contributed by atoms with Crippen molar-refractivity contribution < 1.29 is 14.3 Å². The van der Waals surface area contributed by atoms with Crippen LogP contribution in [0.5, 0.6) is 5.75 Å². The number of carbonyl (C=O) groups excluding carboxylic acids is 1. The molecule has 0 amide bonds. The molecule has 2 aliphatic rings. The highest BCUT2D eigenvalue weighted by Crippen LogP contribution is 2.43. The van der Waals surface area contributed by atoms with Crippen molar-refractivity contribution in [1.29, 1.82) is 5.26 Å². The Kier molecular flexibility index (Phi) is 7.04. The average Bonchev–Trinajstić information content (AvgIpc) is 3.45. The summed E-state index contributed by atoms with van der Waals surface area (Å²) in [5.41, 5.74) is 2.86. The molecule has 0 aliphatic heterocycles. The van der Waals surface area contributed by atoms with E-state index in [-0.39, 0.29) is 11.9 Å². The van der Waals surface area contributed by atoms with E-state index < -0.39 is 0 Å². The molecule has 31 heavy (non-hydrogen) atoms. The van der Waals surface area contributed by atoms with Gasteiger partial charge in [0.15, 0.2) is 0 Å². The Morgan fingerprint density at radius 1 is 0.871 bits per heavy atom. The standard InChI is InChI=1S/C27H29NO3/c28-19-20-5-8-22(9-6-20)23-11-13-25(14-12-23)30-15-3-1-2-4-16-31-27(29)26-18-21-7-10-24(26)17-21/h5-14,21,24,26H,1-4,15-18H2/t21-,24+,26-/m0/s1. The summed E-state index contributed by atoms with van der Waals surface area (Å²) in [5, 5.41) is 8.89. The van der Waals surface area contributed by atoms with Gasteiger partial charge in [-0.3, -0.25) is 4.79 Å². The zero-order valence-electron chi connectivity index (χ0n) is 17.8. The van der Waals surface area contributed by atoms with Gasteiger partial charge in [-0.2, -0.15) is 5.26 Å². The molecule has 2 bridgehead atoms. The van der Waals surface area contributed by atoms with Crippen molar-refractivity contribution in [3.63, 3.8) is 0 Å². The van der Waals surface area contributed by atoms with Crippen molar-refractivity contribution in [2.75, 3.05) is 13.2 Å². The molecular formula is C27H29NO3. The topological polar surface area (TPSA) is 59.3 Å². The van der Waals surface area contributed by atoms with Crippen LogP contribution in [0.2, 0.25) is 0 Å². The second kappa shape index (κ2) is 10.3. The van der Waals surface area contributed by atoms with Crippen LogP contribution >= 0.6 is 0 Å². The SMILES string of the molecule is N#Cc1ccc(-c2ccc(OCCCCCCOC(=O)[C@H]3C[C@H]4C=C[C@@H]3C4)cc2)cc1. The first kappa shape index (κ1) is 21.2. The Labute approximate surface area is 184 Å². The van der Waals surface area contributed by atoms with Gasteiger partial charge in [0.1, 0.15) is 5.75 Å². The maximum atomic E-state index is 12.2. The van der Waals surface area contributed by atoms with Gasteiger partial charge in [0.2, 0.25) is 0 Å². The largest absolute Gasteiger partial charge is 0.494 e. The summed E-state index contributed by atoms with van der Waals surface area (Å²) in [5.74, 6) is 2.00. The van der Waals surface area contributed by atoms with E-state index in [4.69, 9.17) is 14.7 Å². The first-order valence-corrected chi connectivity index (χ1v) is 11.3. The predicted octanol–water partition coefficient (Wildman–Crippen LogP) is 5.92. The number of fused-ring (bicyclic) bond motifs is 2. The number of allylic oxidation sites excluding steroid dienone is 2. The molecule has 0 aromatic heterocycles. The minimum absolute atomic E-state index is 0.00429. The molecule has 0 N–H and O–H groups in total. The lowest BCUT2D eigenvalue weighted by atomic mass is 9.94. The Bertz CT molecular complexity index is 940. The van der Waals surface area contributed by atoms with E-state index in [1.165, 1.54) is 0 Å². The molecule has 1 fully saturated rings. The lowest BCUT2D eigenvalue weighted by Gasteiger charge is -2.16. The second-order valence-corrected chi connectivity index (χ2v) is 8.53. The van der Waals surface area contributed by atoms with Crippen molar-refractivity contribution in [3.8, 4) is 22.9 Å². The van der Waals surface area contributed by atoms with Gasteiger partial charge in [0, 0.05) is 0 Å². The second-order valence-electron chi connectivity index (χ2n) is 8.53. The summed E-state index contributed by atoms with van der Waals surface area (Å²) in [7, 11) is 0. The number of nitrogens with zero attached hydrogens (tertiary/aromatic N) is 1. The van der Waals surface area contributed by atoms with Crippen LogP contribution in [0.25, 0.3) is 11.1 Å². The molecule has 1 saturated carbocycles. The molecule has 0 spiro atoms. The molecule has 0 heterocycles. The number of hydrogen-bond donors (Lipinski definition) is 0. The van der Waals surface area contributed by atoms with Crippen LogP contribution < -0.4 is 4.74 Å². The number of esters is 1. The van der Waals surface area contributed by atoms with Crippen LogP contribution in [0, 0.1) is 29.1 Å². The Hall–Kier alpha value is -3.06. The maximum Gasteiger partial charge on any atom is 0.309 e. The molecule has 4 nitrogen and oxygen atoms in total. The summed E-state index contributed by atoms with van der Waals surface area (Å²) in [6.45, 7) is 1.22. The van der Waals surface area contributed by atoms with Gasteiger partial charge < -0.3 is 9.47 Å². The molecule has 2 aromatic rings. The van der Waals surface area contributed by atoms with Crippen molar-refractivity contribution >= 4 is 5.97 Å². The van der Waals surface area contributed by atoms with Crippen LogP contribution in [-0.4, -0.2) is 19.2 Å². The molecule has 160 valence electrons. The van der Waals surface area contributed by atoms with Crippen LogP contribution in [0.1, 0.15) is 44.1 Å². The smallest absolute Gasteiger partial charge is 0.309 e. The van der Waals surface area contributed by atoms with Crippen LogP contribution in [0.4, 0.5) is 0 Å². The van der Waals surface area contributed by atoms with Gasteiger partial charge in [0.25, 0.3) is 0 Å². The Morgan fingerprint density at radius 2 is 1.55 bits per heavy atom. The zero-order chi connectivity index (χ0) is 21.5. The van der Waals surface area contributed by atoms with Gasteiger partial charge in [-0.25, -0.2) is 0 Å². The molecule has 0 saturated heterocycles. The quantitative estimate of drug-likeness (QED) is 0.274. The van der Waals surface area contributed by atoms with E-state index >= 15 is 0 Å². The normalized spacial score (nSPS) is 21.1. The van der Waals surface area contributed by atoms with E-state index in [9.17, 15) is 4.79 Å². The van der Waals surface area contributed by atoms with Crippen LogP contribution in [-0.2, 0) is 9.53 Å². The average molecular weight is 416 g/mol. The fourth-order valence-corrected chi connectivity index (χ4v) is 4.56. The van der Waals surface area contributed by atoms with Gasteiger partial charge in [-0.05, 0) is 85.8 Å². The van der Waals surface area contributed by atoms with E-state index in [1.807, 2.05) is 48.5 Å². The number of nitriles is 1. The van der Waals surface area contributed by atoms with Gasteiger partial charge in [-0.15, -0.1) is 0 Å². The predicted molar refractivity (Wildman–Crippen MR) is 120 cm³/mol. The van der Waals surface area contributed by atoms with Crippen LogP contribution in [0.15, 0.2) is 60.7 Å². The molecule has 4 rings (SSSR count). The molecule has 0 unspecified atom stereocenters. The third kappa shape index (κ3) is 5.55. The number of unbranched alkanes of at least 4 members (excludes halogenated alkanes) is 3. The third-order valence-corrected chi connectivity index (χ3v) is 6.34.